The van der Waals surface area contributed by atoms with Gasteiger partial charge in [-0.25, -0.2) is 0 Å². The lowest BCUT2D eigenvalue weighted by atomic mass is 9.99. The molecule has 0 aromatic carbocycles. The number of pyridine rings is 1. The fourth-order valence-electron chi connectivity index (χ4n) is 2.57. The van der Waals surface area contributed by atoms with Crippen LogP contribution in [-0.2, 0) is 6.54 Å². The minimum absolute atomic E-state index is 0.809. The van der Waals surface area contributed by atoms with Crippen molar-refractivity contribution >= 4 is 0 Å². The van der Waals surface area contributed by atoms with Crippen molar-refractivity contribution in [1.29, 1.82) is 0 Å². The van der Waals surface area contributed by atoms with Crippen LogP contribution in [0.1, 0.15) is 31.0 Å². The maximum Gasteiger partial charge on any atom is 0.0544 e. The van der Waals surface area contributed by atoms with Crippen molar-refractivity contribution in [2.75, 3.05) is 26.2 Å². The Morgan fingerprint density at radius 3 is 2.94 bits per heavy atom. The Bertz CT molecular complexity index is 341. The van der Waals surface area contributed by atoms with Gasteiger partial charge in [0.2, 0.25) is 0 Å². The van der Waals surface area contributed by atoms with E-state index in [1.165, 1.54) is 43.7 Å². The Hall–Kier alpha value is -0.930. The van der Waals surface area contributed by atoms with Crippen molar-refractivity contribution in [1.82, 2.24) is 15.2 Å². The third-order valence-corrected chi connectivity index (χ3v) is 3.72. The Balaban J connectivity index is 1.86. The highest BCUT2D eigenvalue weighted by Gasteiger charge is 2.16. The van der Waals surface area contributed by atoms with E-state index < -0.39 is 0 Å². The summed E-state index contributed by atoms with van der Waals surface area (Å²) < 4.78 is 0. The summed E-state index contributed by atoms with van der Waals surface area (Å²) in [6.07, 6.45) is 4.65. The van der Waals surface area contributed by atoms with Gasteiger partial charge >= 0.3 is 0 Å². The molecule has 1 fully saturated rings. The van der Waals surface area contributed by atoms with Crippen LogP contribution in [0, 0.1) is 12.8 Å². The summed E-state index contributed by atoms with van der Waals surface area (Å²) in [7, 11) is 0. The summed E-state index contributed by atoms with van der Waals surface area (Å²) in [5.41, 5.74) is 2.42. The summed E-state index contributed by atoms with van der Waals surface area (Å²) in [5, 5.41) is 3.49. The number of hydrogen-bond donors (Lipinski definition) is 1. The standard InChI is InChI=1S/C15H25N3/c1-3-18(11-14-5-4-8-16-10-14)12-15-7-6-13(2)9-17-15/h6-7,9,14,16H,3-5,8,10-12H2,1-2H3. The molecule has 1 aliphatic heterocycles. The Kier molecular flexibility index (Phi) is 5.14. The van der Waals surface area contributed by atoms with E-state index in [2.05, 4.69) is 41.2 Å². The van der Waals surface area contributed by atoms with Crippen LogP contribution in [0.4, 0.5) is 0 Å². The molecule has 18 heavy (non-hydrogen) atoms. The molecule has 3 nitrogen and oxygen atoms in total. The van der Waals surface area contributed by atoms with Crippen LogP contribution in [0.25, 0.3) is 0 Å². The second kappa shape index (κ2) is 6.86. The van der Waals surface area contributed by atoms with Crippen molar-refractivity contribution in [3.8, 4) is 0 Å². The number of nitrogens with one attached hydrogen (secondary N) is 1. The molecule has 2 heterocycles. The smallest absolute Gasteiger partial charge is 0.0544 e. The molecule has 0 spiro atoms. The van der Waals surface area contributed by atoms with Gasteiger partial charge in [0, 0.05) is 19.3 Å². The number of aryl methyl sites for hydroxylation is 1. The van der Waals surface area contributed by atoms with E-state index in [0.717, 1.165) is 19.0 Å². The summed E-state index contributed by atoms with van der Waals surface area (Å²) in [6, 6.07) is 4.30. The minimum Gasteiger partial charge on any atom is -0.316 e. The summed E-state index contributed by atoms with van der Waals surface area (Å²) in [5.74, 6) is 0.809. The Morgan fingerprint density at radius 1 is 1.44 bits per heavy atom. The van der Waals surface area contributed by atoms with Gasteiger partial charge in [-0.1, -0.05) is 13.0 Å². The van der Waals surface area contributed by atoms with Gasteiger partial charge in [0.1, 0.15) is 0 Å². The van der Waals surface area contributed by atoms with Gasteiger partial charge in [0.25, 0.3) is 0 Å². The van der Waals surface area contributed by atoms with Crippen LogP contribution in [0.5, 0.6) is 0 Å². The first kappa shape index (κ1) is 13.5. The van der Waals surface area contributed by atoms with Gasteiger partial charge in [-0.3, -0.25) is 9.88 Å². The molecular formula is C15H25N3. The summed E-state index contributed by atoms with van der Waals surface area (Å²) >= 11 is 0. The fraction of sp³-hybridized carbons (Fsp3) is 0.667. The highest BCUT2D eigenvalue weighted by atomic mass is 15.1. The molecule has 0 radical (unpaired) electrons. The summed E-state index contributed by atoms with van der Waals surface area (Å²) in [4.78, 5) is 7.01. The predicted molar refractivity (Wildman–Crippen MR) is 75.5 cm³/mol. The fourth-order valence-corrected chi connectivity index (χ4v) is 2.57. The minimum atomic E-state index is 0.809. The first-order chi connectivity index (χ1) is 8.78. The molecule has 0 bridgehead atoms. The quantitative estimate of drug-likeness (QED) is 0.864. The number of rotatable bonds is 5. The maximum absolute atomic E-state index is 4.50. The molecule has 1 aliphatic rings. The van der Waals surface area contributed by atoms with Crippen molar-refractivity contribution in [2.24, 2.45) is 5.92 Å². The molecule has 0 saturated carbocycles. The third kappa shape index (κ3) is 4.07. The van der Waals surface area contributed by atoms with Crippen molar-refractivity contribution in [3.63, 3.8) is 0 Å². The van der Waals surface area contributed by atoms with E-state index in [-0.39, 0.29) is 0 Å². The molecule has 0 amide bonds. The van der Waals surface area contributed by atoms with E-state index in [1.807, 2.05) is 6.20 Å². The highest BCUT2D eigenvalue weighted by Crippen LogP contribution is 2.13. The lowest BCUT2D eigenvalue weighted by Gasteiger charge is -2.29. The molecule has 1 aromatic rings. The predicted octanol–water partition coefficient (Wildman–Crippen LogP) is 2.21. The summed E-state index contributed by atoms with van der Waals surface area (Å²) in [6.45, 7) is 9.98. The van der Waals surface area contributed by atoms with Gasteiger partial charge in [0.05, 0.1) is 5.69 Å². The molecule has 1 aromatic heterocycles. The molecule has 1 N–H and O–H groups in total. The van der Waals surface area contributed by atoms with Crippen molar-refractivity contribution < 1.29 is 0 Å². The van der Waals surface area contributed by atoms with Gasteiger partial charge in [-0.15, -0.1) is 0 Å². The molecule has 1 saturated heterocycles. The largest absolute Gasteiger partial charge is 0.316 e. The van der Waals surface area contributed by atoms with Gasteiger partial charge < -0.3 is 5.32 Å². The van der Waals surface area contributed by atoms with Gasteiger partial charge in [-0.05, 0) is 56.9 Å². The third-order valence-electron chi connectivity index (χ3n) is 3.72. The first-order valence-corrected chi connectivity index (χ1v) is 7.12. The molecule has 1 atom stereocenters. The van der Waals surface area contributed by atoms with Crippen LogP contribution in [0.2, 0.25) is 0 Å². The average Bonchev–Trinajstić information content (AvgIpc) is 2.41. The highest BCUT2D eigenvalue weighted by molar-refractivity contribution is 5.12. The average molecular weight is 247 g/mol. The van der Waals surface area contributed by atoms with Crippen LogP contribution in [0.3, 0.4) is 0 Å². The molecule has 3 heteroatoms. The molecule has 100 valence electrons. The molecule has 2 rings (SSSR count). The van der Waals surface area contributed by atoms with E-state index in [9.17, 15) is 0 Å². The zero-order valence-corrected chi connectivity index (χ0v) is 11.7. The SMILES string of the molecule is CCN(Cc1ccc(C)cn1)CC1CCCNC1. The first-order valence-electron chi connectivity index (χ1n) is 7.12. The van der Waals surface area contributed by atoms with E-state index >= 15 is 0 Å². The Labute approximate surface area is 111 Å². The number of aromatic nitrogens is 1. The molecular weight excluding hydrogens is 222 g/mol. The Morgan fingerprint density at radius 2 is 2.33 bits per heavy atom. The number of piperidine rings is 1. The van der Waals surface area contributed by atoms with E-state index in [0.29, 0.717) is 0 Å². The molecule has 0 aliphatic carbocycles. The van der Waals surface area contributed by atoms with E-state index in [1.54, 1.807) is 0 Å². The zero-order valence-electron chi connectivity index (χ0n) is 11.7. The lowest BCUT2D eigenvalue weighted by molar-refractivity contribution is 0.208. The maximum atomic E-state index is 4.50. The van der Waals surface area contributed by atoms with Gasteiger partial charge in [0.15, 0.2) is 0 Å². The second-order valence-corrected chi connectivity index (χ2v) is 5.37. The number of hydrogen-bond acceptors (Lipinski definition) is 3. The lowest BCUT2D eigenvalue weighted by Crippen LogP contribution is -2.38. The second-order valence-electron chi connectivity index (χ2n) is 5.37. The van der Waals surface area contributed by atoms with Crippen LogP contribution in [0.15, 0.2) is 18.3 Å². The normalized spacial score (nSPS) is 20.3. The number of nitrogens with zero attached hydrogens (tertiary/aromatic N) is 2. The molecule has 1 unspecified atom stereocenters. The monoisotopic (exact) mass is 247 g/mol. The zero-order chi connectivity index (χ0) is 12.8. The van der Waals surface area contributed by atoms with Crippen LogP contribution < -0.4 is 5.32 Å². The van der Waals surface area contributed by atoms with Crippen molar-refractivity contribution in [3.05, 3.63) is 29.6 Å². The topological polar surface area (TPSA) is 28.2 Å². The van der Waals surface area contributed by atoms with Gasteiger partial charge in [-0.2, -0.15) is 0 Å². The van der Waals surface area contributed by atoms with E-state index in [4.69, 9.17) is 0 Å². The van der Waals surface area contributed by atoms with Crippen LogP contribution in [-0.4, -0.2) is 36.1 Å². The van der Waals surface area contributed by atoms with Crippen LogP contribution >= 0.6 is 0 Å². The van der Waals surface area contributed by atoms with Crippen molar-refractivity contribution in [2.45, 2.75) is 33.2 Å².